The Labute approximate surface area is 176 Å². The topological polar surface area (TPSA) is 84.5 Å². The average molecular weight is 408 g/mol. The van der Waals surface area contributed by atoms with Crippen molar-refractivity contribution >= 4 is 5.97 Å². The fourth-order valence-electron chi connectivity index (χ4n) is 3.66. The van der Waals surface area contributed by atoms with Crippen LogP contribution < -0.4 is 5.69 Å². The highest BCUT2D eigenvalue weighted by atomic mass is 16.4. The first-order chi connectivity index (χ1) is 14.6. The molecule has 30 heavy (non-hydrogen) atoms. The highest BCUT2D eigenvalue weighted by molar-refractivity contribution is 5.67. The molecule has 3 rings (SSSR count). The number of hydrogen-bond acceptors (Lipinski definition) is 3. The third-order valence-electron chi connectivity index (χ3n) is 5.20. The van der Waals surface area contributed by atoms with Crippen molar-refractivity contribution in [3.8, 4) is 22.8 Å². The van der Waals surface area contributed by atoms with Gasteiger partial charge in [0.2, 0.25) is 5.88 Å². The fourth-order valence-corrected chi connectivity index (χ4v) is 3.66. The summed E-state index contributed by atoms with van der Waals surface area (Å²) in [5.41, 5.74) is 1.75. The Morgan fingerprint density at radius 3 is 2.00 bits per heavy atom. The van der Waals surface area contributed by atoms with Gasteiger partial charge in [0.25, 0.3) is 0 Å². The van der Waals surface area contributed by atoms with Crippen LogP contribution in [0.5, 0.6) is 5.88 Å². The number of carbonyl (C=O) groups is 1. The molecule has 0 aliphatic carbocycles. The lowest BCUT2D eigenvalue weighted by atomic mass is 10.1. The van der Waals surface area contributed by atoms with Crippen LogP contribution >= 0.6 is 0 Å². The lowest BCUT2D eigenvalue weighted by Crippen LogP contribution is -2.23. The third-order valence-corrected chi connectivity index (χ3v) is 5.20. The smallest absolute Gasteiger partial charge is 0.336 e. The second kappa shape index (κ2) is 10.5. The molecule has 0 saturated heterocycles. The molecule has 0 unspecified atom stereocenters. The monoisotopic (exact) mass is 408 g/mol. The van der Waals surface area contributed by atoms with Gasteiger partial charge in [0, 0.05) is 18.5 Å². The lowest BCUT2D eigenvalue weighted by molar-refractivity contribution is -0.137. The molecular formula is C24H28N2O4. The molecule has 0 bridgehead atoms. The number of benzene rings is 2. The first-order valence-electron chi connectivity index (χ1n) is 10.5. The summed E-state index contributed by atoms with van der Waals surface area (Å²) in [5.74, 6) is -0.765. The predicted molar refractivity (Wildman–Crippen MR) is 117 cm³/mol. The lowest BCUT2D eigenvalue weighted by Gasteiger charge is -2.07. The molecule has 6 heteroatoms. The summed E-state index contributed by atoms with van der Waals surface area (Å²) in [6.07, 6.45) is 5.50. The quantitative estimate of drug-likeness (QED) is 0.445. The summed E-state index contributed by atoms with van der Waals surface area (Å²) in [6.45, 7) is 0.444. The Kier molecular flexibility index (Phi) is 7.49. The van der Waals surface area contributed by atoms with Crippen LogP contribution in [0.3, 0.4) is 0 Å². The molecule has 1 heterocycles. The maximum atomic E-state index is 13.2. The Morgan fingerprint density at radius 2 is 1.37 bits per heavy atom. The van der Waals surface area contributed by atoms with Crippen molar-refractivity contribution in [3.63, 3.8) is 0 Å². The molecule has 0 spiro atoms. The van der Waals surface area contributed by atoms with Crippen LogP contribution in [0.25, 0.3) is 16.9 Å². The van der Waals surface area contributed by atoms with E-state index in [1.807, 2.05) is 60.7 Å². The van der Waals surface area contributed by atoms with Gasteiger partial charge in [-0.3, -0.25) is 13.9 Å². The van der Waals surface area contributed by atoms with E-state index < -0.39 is 5.97 Å². The number of carboxylic acids is 1. The normalized spacial score (nSPS) is 10.9. The number of aliphatic carboxylic acids is 1. The number of carboxylic acid groups (broad SMARTS) is 1. The molecule has 2 N–H and O–H groups in total. The van der Waals surface area contributed by atoms with E-state index in [9.17, 15) is 14.7 Å². The van der Waals surface area contributed by atoms with Crippen molar-refractivity contribution in [1.29, 1.82) is 0 Å². The summed E-state index contributed by atoms with van der Waals surface area (Å²) < 4.78 is 3.01. The van der Waals surface area contributed by atoms with Crippen molar-refractivity contribution in [2.24, 2.45) is 0 Å². The van der Waals surface area contributed by atoms with Crippen LogP contribution in [0.4, 0.5) is 0 Å². The molecule has 1 aromatic heterocycles. The number of nitrogens with zero attached hydrogens (tertiary/aromatic N) is 2. The highest BCUT2D eigenvalue weighted by Crippen LogP contribution is 2.30. The Morgan fingerprint density at radius 1 is 0.800 bits per heavy atom. The maximum Gasteiger partial charge on any atom is 0.336 e. The second-order valence-corrected chi connectivity index (χ2v) is 7.41. The van der Waals surface area contributed by atoms with Gasteiger partial charge < -0.3 is 10.2 Å². The molecule has 0 radical (unpaired) electrons. The number of rotatable bonds is 11. The minimum atomic E-state index is -0.748. The molecular weight excluding hydrogens is 380 g/mol. The Hall–Kier alpha value is -3.28. The van der Waals surface area contributed by atoms with Crippen LogP contribution in [0, 0.1) is 0 Å². The average Bonchev–Trinajstić information content (AvgIpc) is 3.01. The van der Waals surface area contributed by atoms with Crippen LogP contribution in [-0.2, 0) is 11.3 Å². The van der Waals surface area contributed by atoms with Crippen molar-refractivity contribution in [3.05, 3.63) is 71.1 Å². The predicted octanol–water partition coefficient (Wildman–Crippen LogP) is 4.83. The van der Waals surface area contributed by atoms with E-state index in [4.69, 9.17) is 5.11 Å². The minimum absolute atomic E-state index is 0.0171. The number of para-hydroxylation sites is 1. The van der Waals surface area contributed by atoms with E-state index in [1.165, 1.54) is 4.57 Å². The summed E-state index contributed by atoms with van der Waals surface area (Å²) in [4.78, 5) is 23.7. The molecule has 6 nitrogen and oxygen atoms in total. The molecule has 0 aliphatic rings. The number of aromatic nitrogens is 2. The first-order valence-corrected chi connectivity index (χ1v) is 10.5. The van der Waals surface area contributed by atoms with Crippen LogP contribution in [0.1, 0.15) is 44.9 Å². The first kappa shape index (κ1) is 21.4. The Balaban J connectivity index is 1.74. The highest BCUT2D eigenvalue weighted by Gasteiger charge is 2.21. The van der Waals surface area contributed by atoms with E-state index in [0.717, 1.165) is 37.7 Å². The molecule has 0 saturated carbocycles. The van der Waals surface area contributed by atoms with Crippen LogP contribution in [0.2, 0.25) is 0 Å². The van der Waals surface area contributed by atoms with E-state index in [-0.39, 0.29) is 18.0 Å². The zero-order chi connectivity index (χ0) is 21.3. The summed E-state index contributed by atoms with van der Waals surface area (Å²) in [6, 6.07) is 18.8. The number of imidazole rings is 1. The van der Waals surface area contributed by atoms with Crippen molar-refractivity contribution in [1.82, 2.24) is 9.13 Å². The van der Waals surface area contributed by atoms with Crippen molar-refractivity contribution < 1.29 is 15.0 Å². The Bertz CT molecular complexity index is 1010. The van der Waals surface area contributed by atoms with Gasteiger partial charge in [0.05, 0.1) is 5.69 Å². The van der Waals surface area contributed by atoms with Gasteiger partial charge in [-0.1, -0.05) is 74.2 Å². The van der Waals surface area contributed by atoms with Gasteiger partial charge in [-0.2, -0.15) is 0 Å². The van der Waals surface area contributed by atoms with Crippen molar-refractivity contribution in [2.45, 2.75) is 51.5 Å². The largest absolute Gasteiger partial charge is 0.493 e. The van der Waals surface area contributed by atoms with E-state index in [2.05, 4.69) is 0 Å². The van der Waals surface area contributed by atoms with Gasteiger partial charge in [-0.15, -0.1) is 0 Å². The molecule has 0 atom stereocenters. The minimum Gasteiger partial charge on any atom is -0.493 e. The van der Waals surface area contributed by atoms with Gasteiger partial charge in [-0.25, -0.2) is 4.79 Å². The summed E-state index contributed by atoms with van der Waals surface area (Å²) in [5, 5.41) is 19.6. The zero-order valence-corrected chi connectivity index (χ0v) is 17.0. The summed E-state index contributed by atoms with van der Waals surface area (Å²) >= 11 is 0. The zero-order valence-electron chi connectivity index (χ0n) is 17.0. The van der Waals surface area contributed by atoms with Crippen LogP contribution in [-0.4, -0.2) is 25.3 Å². The molecule has 3 aromatic rings. The van der Waals surface area contributed by atoms with E-state index >= 15 is 0 Å². The summed E-state index contributed by atoms with van der Waals surface area (Å²) in [7, 11) is 0. The molecule has 0 aliphatic heterocycles. The van der Waals surface area contributed by atoms with Gasteiger partial charge in [-0.05, 0) is 25.0 Å². The van der Waals surface area contributed by atoms with Crippen molar-refractivity contribution in [2.75, 3.05) is 0 Å². The molecule has 2 aromatic carbocycles. The molecule has 158 valence electrons. The number of aromatic hydroxyl groups is 1. The third kappa shape index (κ3) is 5.20. The number of unbranched alkanes of at least 4 members (excludes halogenated alkanes) is 5. The van der Waals surface area contributed by atoms with Crippen LogP contribution in [0.15, 0.2) is 65.5 Å². The molecule has 0 fully saturated rings. The second-order valence-electron chi connectivity index (χ2n) is 7.41. The van der Waals surface area contributed by atoms with E-state index in [1.54, 1.807) is 4.57 Å². The molecule has 0 amide bonds. The standard InChI is InChI=1S/C24H28N2O4/c27-21(28)17-11-3-1-2-4-12-18-25-23(29)22(19-13-7-5-8-14-19)26(24(25)30)20-15-9-6-10-16-20/h5-10,13-16,29H,1-4,11-12,17-18H2,(H,27,28). The van der Waals surface area contributed by atoms with Gasteiger partial charge >= 0.3 is 11.7 Å². The fraction of sp³-hybridized carbons (Fsp3) is 0.333. The van der Waals surface area contributed by atoms with Gasteiger partial charge in [0.1, 0.15) is 5.69 Å². The SMILES string of the molecule is O=C(O)CCCCCCCCn1c(O)c(-c2ccccc2)n(-c2ccccc2)c1=O. The van der Waals surface area contributed by atoms with E-state index in [0.29, 0.717) is 24.3 Å². The van der Waals surface area contributed by atoms with Gasteiger partial charge in [0.15, 0.2) is 0 Å². The number of hydrogen-bond donors (Lipinski definition) is 2. The maximum absolute atomic E-state index is 13.2.